The molecular formula is C13H23NS. The lowest BCUT2D eigenvalue weighted by molar-refractivity contribution is 0.250. The third kappa shape index (κ3) is 2.71. The van der Waals surface area contributed by atoms with Gasteiger partial charge in [0.05, 0.1) is 0 Å². The van der Waals surface area contributed by atoms with E-state index >= 15 is 0 Å². The van der Waals surface area contributed by atoms with Gasteiger partial charge in [-0.2, -0.15) is 11.8 Å². The van der Waals surface area contributed by atoms with Crippen molar-refractivity contribution < 1.29 is 0 Å². The van der Waals surface area contributed by atoms with E-state index in [-0.39, 0.29) is 0 Å². The lowest BCUT2D eigenvalue weighted by atomic mass is 9.82. The van der Waals surface area contributed by atoms with Crippen LogP contribution in [0.5, 0.6) is 0 Å². The molecule has 0 spiro atoms. The molecule has 86 valence electrons. The highest BCUT2D eigenvalue weighted by molar-refractivity contribution is 7.99. The second-order valence-corrected chi connectivity index (χ2v) is 6.84. The van der Waals surface area contributed by atoms with E-state index in [9.17, 15) is 0 Å². The summed E-state index contributed by atoms with van der Waals surface area (Å²) < 4.78 is 0. The van der Waals surface area contributed by atoms with E-state index in [1.807, 2.05) is 0 Å². The van der Waals surface area contributed by atoms with Gasteiger partial charge in [-0.15, -0.1) is 0 Å². The zero-order chi connectivity index (χ0) is 10.1. The fraction of sp³-hybridized carbons (Fsp3) is 1.00. The highest BCUT2D eigenvalue weighted by Crippen LogP contribution is 2.44. The van der Waals surface area contributed by atoms with E-state index in [1.165, 1.54) is 56.5 Å². The van der Waals surface area contributed by atoms with Crippen LogP contribution in [-0.2, 0) is 0 Å². The zero-order valence-corrected chi connectivity index (χ0v) is 10.4. The fourth-order valence-electron chi connectivity index (χ4n) is 3.37. The molecule has 0 radical (unpaired) electrons. The number of nitrogens with one attached hydrogen (secondary N) is 1. The molecule has 3 atom stereocenters. The number of rotatable bonds is 3. The van der Waals surface area contributed by atoms with Crippen LogP contribution in [0.15, 0.2) is 0 Å². The van der Waals surface area contributed by atoms with Crippen molar-refractivity contribution in [2.24, 2.45) is 11.8 Å². The molecule has 0 aromatic carbocycles. The van der Waals surface area contributed by atoms with Gasteiger partial charge in [0.1, 0.15) is 0 Å². The Morgan fingerprint density at radius 2 is 1.80 bits per heavy atom. The summed E-state index contributed by atoms with van der Waals surface area (Å²) in [6.07, 6.45) is 10.4. The first-order chi connectivity index (χ1) is 7.42. The maximum atomic E-state index is 3.91. The Morgan fingerprint density at radius 1 is 0.867 bits per heavy atom. The summed E-state index contributed by atoms with van der Waals surface area (Å²) in [5.41, 5.74) is 0. The molecule has 1 heterocycles. The smallest absolute Gasteiger partial charge is 0.0168 e. The topological polar surface area (TPSA) is 12.0 Å². The highest BCUT2D eigenvalue weighted by Gasteiger charge is 2.35. The Balaban J connectivity index is 1.47. The van der Waals surface area contributed by atoms with Crippen molar-refractivity contribution in [3.05, 3.63) is 0 Å². The van der Waals surface area contributed by atoms with Crippen LogP contribution in [-0.4, -0.2) is 23.6 Å². The van der Waals surface area contributed by atoms with Gasteiger partial charge in [0.2, 0.25) is 0 Å². The molecule has 2 heteroatoms. The quantitative estimate of drug-likeness (QED) is 0.792. The maximum Gasteiger partial charge on any atom is 0.0168 e. The third-order valence-corrected chi connectivity index (χ3v) is 5.57. The average molecular weight is 225 g/mol. The van der Waals surface area contributed by atoms with Gasteiger partial charge in [-0.1, -0.05) is 12.8 Å². The van der Waals surface area contributed by atoms with Crippen LogP contribution in [0, 0.1) is 11.8 Å². The second-order valence-electron chi connectivity index (χ2n) is 5.69. The molecule has 3 rings (SSSR count). The predicted molar refractivity (Wildman–Crippen MR) is 67.3 cm³/mol. The first kappa shape index (κ1) is 10.5. The van der Waals surface area contributed by atoms with Crippen LogP contribution >= 0.6 is 11.8 Å². The first-order valence-corrected chi connectivity index (χ1v) is 7.91. The molecule has 1 saturated heterocycles. The Kier molecular flexibility index (Phi) is 3.25. The molecule has 3 unspecified atom stereocenters. The van der Waals surface area contributed by atoms with Crippen LogP contribution in [0.4, 0.5) is 0 Å². The van der Waals surface area contributed by atoms with Gasteiger partial charge in [-0.3, -0.25) is 0 Å². The van der Waals surface area contributed by atoms with Crippen molar-refractivity contribution in [2.75, 3.05) is 11.5 Å². The minimum atomic E-state index is 0.845. The van der Waals surface area contributed by atoms with Gasteiger partial charge in [0.25, 0.3) is 0 Å². The predicted octanol–water partition coefficient (Wildman–Crippen LogP) is 3.05. The molecule has 1 N–H and O–H groups in total. The van der Waals surface area contributed by atoms with E-state index in [2.05, 4.69) is 17.1 Å². The van der Waals surface area contributed by atoms with Gasteiger partial charge in [0, 0.05) is 17.8 Å². The average Bonchev–Trinajstić information content (AvgIpc) is 3.00. The normalized spacial score (nSPS) is 42.0. The molecule has 0 bridgehead atoms. The fourth-order valence-corrected chi connectivity index (χ4v) is 4.54. The molecule has 15 heavy (non-hydrogen) atoms. The van der Waals surface area contributed by atoms with E-state index < -0.39 is 0 Å². The van der Waals surface area contributed by atoms with Crippen molar-refractivity contribution in [3.8, 4) is 0 Å². The van der Waals surface area contributed by atoms with E-state index in [0.717, 1.165) is 23.9 Å². The Bertz CT molecular complexity index is 207. The zero-order valence-electron chi connectivity index (χ0n) is 9.58. The molecule has 3 aliphatic rings. The van der Waals surface area contributed by atoms with E-state index in [1.54, 1.807) is 0 Å². The minimum Gasteiger partial charge on any atom is -0.310 e. The summed E-state index contributed by atoms with van der Waals surface area (Å²) in [6.45, 7) is 0. The summed E-state index contributed by atoms with van der Waals surface area (Å²) >= 11 is 2.13. The molecule has 2 saturated carbocycles. The Hall–Kier alpha value is 0.310. The number of hydrogen-bond donors (Lipinski definition) is 1. The molecule has 1 aliphatic heterocycles. The lowest BCUT2D eigenvalue weighted by Gasteiger charge is -2.31. The molecule has 2 aliphatic carbocycles. The molecule has 0 aromatic rings. The van der Waals surface area contributed by atoms with Crippen molar-refractivity contribution >= 4 is 11.8 Å². The standard InChI is InChI=1S/C13H23NS/c1-2-11(10-4-5-10)8-12(3-1)14-13-6-7-15-9-13/h10-14H,1-9H2. The van der Waals surface area contributed by atoms with Gasteiger partial charge < -0.3 is 5.32 Å². The van der Waals surface area contributed by atoms with Crippen LogP contribution in [0.1, 0.15) is 44.9 Å². The Labute approximate surface area is 97.8 Å². The highest BCUT2D eigenvalue weighted by atomic mass is 32.2. The molecule has 3 fully saturated rings. The van der Waals surface area contributed by atoms with Crippen molar-refractivity contribution in [2.45, 2.75) is 57.0 Å². The third-order valence-electron chi connectivity index (χ3n) is 4.40. The summed E-state index contributed by atoms with van der Waals surface area (Å²) in [4.78, 5) is 0. The lowest BCUT2D eigenvalue weighted by Crippen LogP contribution is -2.41. The van der Waals surface area contributed by atoms with Crippen LogP contribution in [0.3, 0.4) is 0 Å². The number of thioether (sulfide) groups is 1. The van der Waals surface area contributed by atoms with Crippen LogP contribution in [0.25, 0.3) is 0 Å². The molecular weight excluding hydrogens is 202 g/mol. The van der Waals surface area contributed by atoms with Crippen molar-refractivity contribution in [3.63, 3.8) is 0 Å². The van der Waals surface area contributed by atoms with Gasteiger partial charge in [-0.25, -0.2) is 0 Å². The van der Waals surface area contributed by atoms with E-state index in [0.29, 0.717) is 0 Å². The second kappa shape index (κ2) is 4.67. The molecule has 0 amide bonds. The Morgan fingerprint density at radius 3 is 2.53 bits per heavy atom. The number of hydrogen-bond acceptors (Lipinski definition) is 2. The van der Waals surface area contributed by atoms with Gasteiger partial charge >= 0.3 is 0 Å². The summed E-state index contributed by atoms with van der Waals surface area (Å²) in [5.74, 6) is 4.97. The SMILES string of the molecule is C1CC(NC2CCSC2)CC(C2CC2)C1. The summed E-state index contributed by atoms with van der Waals surface area (Å²) in [6, 6.07) is 1.71. The van der Waals surface area contributed by atoms with Crippen LogP contribution in [0.2, 0.25) is 0 Å². The largest absolute Gasteiger partial charge is 0.310 e. The van der Waals surface area contributed by atoms with E-state index in [4.69, 9.17) is 0 Å². The monoisotopic (exact) mass is 225 g/mol. The minimum absolute atomic E-state index is 0.845. The van der Waals surface area contributed by atoms with Gasteiger partial charge in [-0.05, 0) is 49.7 Å². The van der Waals surface area contributed by atoms with Crippen molar-refractivity contribution in [1.29, 1.82) is 0 Å². The van der Waals surface area contributed by atoms with Crippen LogP contribution < -0.4 is 5.32 Å². The summed E-state index contributed by atoms with van der Waals surface area (Å²) in [5, 5.41) is 3.91. The van der Waals surface area contributed by atoms with Gasteiger partial charge in [0.15, 0.2) is 0 Å². The first-order valence-electron chi connectivity index (χ1n) is 6.75. The molecule has 0 aromatic heterocycles. The maximum absolute atomic E-state index is 3.91. The molecule has 1 nitrogen and oxygen atoms in total. The van der Waals surface area contributed by atoms with Crippen molar-refractivity contribution in [1.82, 2.24) is 5.32 Å². The summed E-state index contributed by atoms with van der Waals surface area (Å²) in [7, 11) is 0.